The molecule has 3 nitrogen and oxygen atoms in total. The molecule has 1 aliphatic heterocycles. The zero-order chi connectivity index (χ0) is 20.9. The molecule has 2 aliphatic rings. The van der Waals surface area contributed by atoms with Gasteiger partial charge in [-0.15, -0.1) is 0 Å². The maximum atomic E-state index is 13.1. The Labute approximate surface area is 180 Å². The molecule has 0 unspecified atom stereocenters. The second-order valence-electron chi connectivity index (χ2n) is 9.04. The number of aryl methyl sites for hydroxylation is 3. The van der Waals surface area contributed by atoms with Crippen LogP contribution < -0.4 is 5.32 Å². The normalized spacial score (nSPS) is 20.1. The minimum absolute atomic E-state index is 0.181. The molecule has 0 bridgehead atoms. The summed E-state index contributed by atoms with van der Waals surface area (Å²) in [6.07, 6.45) is 8.55. The van der Waals surface area contributed by atoms with Crippen molar-refractivity contribution in [2.45, 2.75) is 51.5 Å². The van der Waals surface area contributed by atoms with Crippen LogP contribution in [-0.4, -0.2) is 37.3 Å². The standard InChI is InChI=1S/C26H34FN3/c1-19-14-22(7-3-4-20-8-10-24(27)11-9-20)23(16-28)15-25(19)26-17-29-12-13-30(26)18-21-5-2-6-21/h8-11,14-16,21,26,28-29H,2-7,12-13,17-18H2,1H3/t26-/m1/s1. The molecular weight excluding hydrogens is 373 g/mol. The minimum Gasteiger partial charge on any atom is -0.314 e. The summed E-state index contributed by atoms with van der Waals surface area (Å²) in [5.41, 5.74) is 6.18. The van der Waals surface area contributed by atoms with Gasteiger partial charge in [0.25, 0.3) is 0 Å². The van der Waals surface area contributed by atoms with Gasteiger partial charge in [0.1, 0.15) is 5.82 Å². The first-order valence-electron chi connectivity index (χ1n) is 11.5. The van der Waals surface area contributed by atoms with Crippen molar-refractivity contribution >= 4 is 6.21 Å². The summed E-state index contributed by atoms with van der Waals surface area (Å²) in [4.78, 5) is 2.67. The minimum atomic E-state index is -0.181. The van der Waals surface area contributed by atoms with Gasteiger partial charge in [-0.2, -0.15) is 0 Å². The molecule has 1 heterocycles. The first kappa shape index (κ1) is 21.2. The number of nitrogens with one attached hydrogen (secondary N) is 2. The predicted octanol–water partition coefficient (Wildman–Crippen LogP) is 5.05. The van der Waals surface area contributed by atoms with Crippen LogP contribution in [0.25, 0.3) is 0 Å². The summed E-state index contributed by atoms with van der Waals surface area (Å²) in [6, 6.07) is 11.8. The van der Waals surface area contributed by atoms with Gasteiger partial charge in [-0.3, -0.25) is 4.90 Å². The summed E-state index contributed by atoms with van der Waals surface area (Å²) in [7, 11) is 0. The Morgan fingerprint density at radius 3 is 2.67 bits per heavy atom. The van der Waals surface area contributed by atoms with E-state index in [4.69, 9.17) is 5.41 Å². The Hall–Kier alpha value is -2.04. The molecule has 2 aromatic carbocycles. The van der Waals surface area contributed by atoms with Crippen molar-refractivity contribution in [1.29, 1.82) is 5.41 Å². The maximum absolute atomic E-state index is 13.1. The average Bonchev–Trinajstić information content (AvgIpc) is 2.73. The van der Waals surface area contributed by atoms with Crippen LogP contribution in [0.1, 0.15) is 59.5 Å². The van der Waals surface area contributed by atoms with Crippen molar-refractivity contribution in [2.75, 3.05) is 26.2 Å². The van der Waals surface area contributed by atoms with Crippen molar-refractivity contribution in [2.24, 2.45) is 5.92 Å². The Morgan fingerprint density at radius 1 is 1.17 bits per heavy atom. The summed E-state index contributed by atoms with van der Waals surface area (Å²) >= 11 is 0. The van der Waals surface area contributed by atoms with Crippen LogP contribution >= 0.6 is 0 Å². The highest BCUT2D eigenvalue weighted by atomic mass is 19.1. The number of piperazine rings is 1. The van der Waals surface area contributed by atoms with E-state index < -0.39 is 0 Å². The molecule has 160 valence electrons. The molecule has 2 aromatic rings. The molecule has 0 aromatic heterocycles. The van der Waals surface area contributed by atoms with E-state index in [0.717, 1.165) is 50.4 Å². The first-order valence-corrected chi connectivity index (χ1v) is 11.5. The van der Waals surface area contributed by atoms with E-state index in [-0.39, 0.29) is 5.82 Å². The van der Waals surface area contributed by atoms with E-state index in [0.29, 0.717) is 6.04 Å². The average molecular weight is 408 g/mol. The van der Waals surface area contributed by atoms with Crippen LogP contribution in [0.15, 0.2) is 36.4 Å². The lowest BCUT2D eigenvalue weighted by Gasteiger charge is -2.41. The van der Waals surface area contributed by atoms with Crippen LogP contribution in [0.5, 0.6) is 0 Å². The van der Waals surface area contributed by atoms with Crippen molar-refractivity contribution in [1.82, 2.24) is 10.2 Å². The summed E-state index contributed by atoms with van der Waals surface area (Å²) in [5.74, 6) is 0.693. The fraction of sp³-hybridized carbons (Fsp3) is 0.500. The van der Waals surface area contributed by atoms with Gasteiger partial charge in [-0.1, -0.05) is 24.6 Å². The van der Waals surface area contributed by atoms with E-state index in [9.17, 15) is 4.39 Å². The van der Waals surface area contributed by atoms with E-state index in [1.807, 2.05) is 12.1 Å². The molecule has 0 spiro atoms. The van der Waals surface area contributed by atoms with Crippen LogP contribution in [0.4, 0.5) is 4.39 Å². The highest BCUT2D eigenvalue weighted by molar-refractivity contribution is 5.80. The van der Waals surface area contributed by atoms with Gasteiger partial charge >= 0.3 is 0 Å². The molecule has 1 saturated carbocycles. The Balaban J connectivity index is 1.46. The predicted molar refractivity (Wildman–Crippen MR) is 122 cm³/mol. The van der Waals surface area contributed by atoms with Gasteiger partial charge in [0.2, 0.25) is 0 Å². The van der Waals surface area contributed by atoms with E-state index >= 15 is 0 Å². The number of hydrogen-bond donors (Lipinski definition) is 2. The van der Waals surface area contributed by atoms with Crippen LogP contribution in [0.2, 0.25) is 0 Å². The van der Waals surface area contributed by atoms with Crippen molar-refractivity contribution in [3.8, 4) is 0 Å². The number of halogens is 1. The van der Waals surface area contributed by atoms with Gasteiger partial charge in [-0.25, -0.2) is 4.39 Å². The molecule has 1 saturated heterocycles. The van der Waals surface area contributed by atoms with Crippen LogP contribution in [-0.2, 0) is 12.8 Å². The summed E-state index contributed by atoms with van der Waals surface area (Å²) in [5, 5.41) is 11.6. The number of nitrogens with zero attached hydrogens (tertiary/aromatic N) is 1. The largest absolute Gasteiger partial charge is 0.314 e. The topological polar surface area (TPSA) is 39.1 Å². The third kappa shape index (κ3) is 4.98. The summed E-state index contributed by atoms with van der Waals surface area (Å²) in [6.45, 7) is 6.61. The quantitative estimate of drug-likeness (QED) is 0.601. The molecule has 0 amide bonds. The van der Waals surface area contributed by atoms with E-state index in [2.05, 4.69) is 29.3 Å². The van der Waals surface area contributed by atoms with Gasteiger partial charge < -0.3 is 10.7 Å². The molecule has 2 N–H and O–H groups in total. The lowest BCUT2D eigenvalue weighted by molar-refractivity contribution is 0.110. The van der Waals surface area contributed by atoms with E-state index in [1.54, 1.807) is 0 Å². The van der Waals surface area contributed by atoms with Crippen molar-refractivity contribution in [3.63, 3.8) is 0 Å². The third-order valence-corrected chi connectivity index (χ3v) is 6.94. The van der Waals surface area contributed by atoms with Gasteiger partial charge in [0.05, 0.1) is 0 Å². The van der Waals surface area contributed by atoms with Gasteiger partial charge in [0.15, 0.2) is 0 Å². The molecule has 1 aliphatic carbocycles. The number of hydrogen-bond acceptors (Lipinski definition) is 3. The molecule has 30 heavy (non-hydrogen) atoms. The van der Waals surface area contributed by atoms with E-state index in [1.165, 1.54) is 66.4 Å². The van der Waals surface area contributed by atoms with Crippen LogP contribution in [0, 0.1) is 24.1 Å². The Morgan fingerprint density at radius 2 is 1.97 bits per heavy atom. The molecule has 1 atom stereocenters. The Bertz CT molecular complexity index is 857. The lowest BCUT2D eigenvalue weighted by Crippen LogP contribution is -2.48. The zero-order valence-electron chi connectivity index (χ0n) is 18.1. The van der Waals surface area contributed by atoms with Crippen molar-refractivity contribution in [3.05, 3.63) is 70.0 Å². The fourth-order valence-electron chi connectivity index (χ4n) is 4.92. The van der Waals surface area contributed by atoms with Crippen LogP contribution in [0.3, 0.4) is 0 Å². The molecule has 4 rings (SSSR count). The molecule has 0 radical (unpaired) electrons. The molecular formula is C26H34FN3. The zero-order valence-corrected chi connectivity index (χ0v) is 18.1. The number of rotatable bonds is 8. The molecule has 4 heteroatoms. The van der Waals surface area contributed by atoms with Gasteiger partial charge in [0, 0.05) is 38.4 Å². The second-order valence-corrected chi connectivity index (χ2v) is 9.04. The second kappa shape index (κ2) is 9.84. The summed E-state index contributed by atoms with van der Waals surface area (Å²) < 4.78 is 13.1. The van der Waals surface area contributed by atoms with Crippen molar-refractivity contribution < 1.29 is 4.39 Å². The highest BCUT2D eigenvalue weighted by Gasteiger charge is 2.29. The highest BCUT2D eigenvalue weighted by Crippen LogP contribution is 2.33. The lowest BCUT2D eigenvalue weighted by atomic mass is 9.84. The van der Waals surface area contributed by atoms with Gasteiger partial charge in [-0.05, 0) is 91.0 Å². The third-order valence-electron chi connectivity index (χ3n) is 6.94. The molecule has 2 fully saturated rings. The monoisotopic (exact) mass is 407 g/mol. The Kier molecular flexibility index (Phi) is 6.96. The SMILES string of the molecule is Cc1cc(CCCc2ccc(F)cc2)c(C=N)cc1[C@H]1CNCCN1CC1CCC1. The number of benzene rings is 2. The first-order chi connectivity index (χ1) is 14.6. The fourth-order valence-corrected chi connectivity index (χ4v) is 4.92. The smallest absolute Gasteiger partial charge is 0.123 e. The maximum Gasteiger partial charge on any atom is 0.123 e.